The molecule has 2 nitrogen and oxygen atoms in total. The molecule has 0 unspecified atom stereocenters. The summed E-state index contributed by atoms with van der Waals surface area (Å²) in [6, 6.07) is 0.839. The maximum Gasteiger partial charge on any atom is 0.00793 e. The van der Waals surface area contributed by atoms with Crippen LogP contribution in [0.5, 0.6) is 0 Å². The first-order valence-corrected chi connectivity index (χ1v) is 5.23. The van der Waals surface area contributed by atoms with Crippen LogP contribution in [-0.4, -0.2) is 25.7 Å². The fourth-order valence-electron chi connectivity index (χ4n) is 1.37. The van der Waals surface area contributed by atoms with Gasteiger partial charge >= 0.3 is 0 Å². The van der Waals surface area contributed by atoms with Gasteiger partial charge in [-0.25, -0.2) is 0 Å². The van der Waals surface area contributed by atoms with Crippen molar-refractivity contribution in [1.29, 1.82) is 0 Å². The molecular weight excluding hydrogens is 148 g/mol. The van der Waals surface area contributed by atoms with Crippen molar-refractivity contribution in [2.24, 2.45) is 5.92 Å². The van der Waals surface area contributed by atoms with Gasteiger partial charge in [-0.3, -0.25) is 0 Å². The van der Waals surface area contributed by atoms with Gasteiger partial charge in [-0.05, 0) is 25.3 Å². The maximum absolute atomic E-state index is 3.53. The molecule has 72 valence electrons. The molecule has 1 saturated carbocycles. The van der Waals surface area contributed by atoms with Gasteiger partial charge in [0.05, 0.1) is 0 Å². The zero-order valence-electron chi connectivity index (χ0n) is 8.40. The normalized spacial score (nSPS) is 18.2. The van der Waals surface area contributed by atoms with Crippen molar-refractivity contribution >= 4 is 0 Å². The standard InChI is InChI=1S/C10H22N2/c1-9(2)8-11-6-7-12-10-4-3-5-10/h9-12H,3-8H2,1-2H3. The molecule has 0 aliphatic heterocycles. The third-order valence-electron chi connectivity index (χ3n) is 2.39. The molecule has 0 radical (unpaired) electrons. The van der Waals surface area contributed by atoms with E-state index in [-0.39, 0.29) is 0 Å². The number of hydrogen-bond donors (Lipinski definition) is 2. The van der Waals surface area contributed by atoms with Crippen molar-refractivity contribution in [2.75, 3.05) is 19.6 Å². The van der Waals surface area contributed by atoms with Crippen molar-refractivity contribution in [3.8, 4) is 0 Å². The predicted octanol–water partition coefficient (Wildman–Crippen LogP) is 1.37. The quantitative estimate of drug-likeness (QED) is 0.588. The van der Waals surface area contributed by atoms with E-state index in [4.69, 9.17) is 0 Å². The van der Waals surface area contributed by atoms with Crippen LogP contribution in [0.25, 0.3) is 0 Å². The molecule has 0 aromatic rings. The molecule has 1 aliphatic carbocycles. The smallest absolute Gasteiger partial charge is 0.00793 e. The molecule has 0 saturated heterocycles. The number of rotatable bonds is 6. The van der Waals surface area contributed by atoms with E-state index in [1.165, 1.54) is 19.3 Å². The summed E-state index contributed by atoms with van der Waals surface area (Å²) in [5.74, 6) is 0.772. The average molecular weight is 170 g/mol. The summed E-state index contributed by atoms with van der Waals surface area (Å²) in [5.41, 5.74) is 0. The molecule has 2 N–H and O–H groups in total. The van der Waals surface area contributed by atoms with E-state index in [0.717, 1.165) is 31.6 Å². The van der Waals surface area contributed by atoms with E-state index in [1.54, 1.807) is 0 Å². The summed E-state index contributed by atoms with van der Waals surface area (Å²) in [4.78, 5) is 0. The van der Waals surface area contributed by atoms with Gasteiger partial charge in [0.15, 0.2) is 0 Å². The first-order chi connectivity index (χ1) is 5.79. The number of nitrogens with one attached hydrogen (secondary N) is 2. The van der Waals surface area contributed by atoms with E-state index in [2.05, 4.69) is 24.5 Å². The zero-order valence-corrected chi connectivity index (χ0v) is 8.40. The fourth-order valence-corrected chi connectivity index (χ4v) is 1.37. The van der Waals surface area contributed by atoms with Crippen LogP contribution in [0.2, 0.25) is 0 Å². The zero-order chi connectivity index (χ0) is 8.81. The minimum absolute atomic E-state index is 0.772. The Balaban J connectivity index is 1.76. The van der Waals surface area contributed by atoms with E-state index in [1.807, 2.05) is 0 Å². The molecule has 2 heteroatoms. The predicted molar refractivity (Wildman–Crippen MR) is 53.3 cm³/mol. The monoisotopic (exact) mass is 170 g/mol. The molecule has 1 fully saturated rings. The molecule has 0 bridgehead atoms. The molecule has 0 heterocycles. The highest BCUT2D eigenvalue weighted by Crippen LogP contribution is 2.17. The molecule has 12 heavy (non-hydrogen) atoms. The highest BCUT2D eigenvalue weighted by atomic mass is 15.0. The van der Waals surface area contributed by atoms with Crippen LogP contribution >= 0.6 is 0 Å². The summed E-state index contributed by atoms with van der Waals surface area (Å²) in [6.07, 6.45) is 4.21. The molecule has 0 aromatic carbocycles. The second kappa shape index (κ2) is 5.55. The molecule has 0 atom stereocenters. The second-order valence-corrected chi connectivity index (χ2v) is 4.18. The van der Waals surface area contributed by atoms with Gasteiger partial charge in [-0.2, -0.15) is 0 Å². The maximum atomic E-state index is 3.53. The lowest BCUT2D eigenvalue weighted by Crippen LogP contribution is -2.39. The SMILES string of the molecule is CC(C)CNCCNC1CCC1. The Bertz CT molecular complexity index is 108. The van der Waals surface area contributed by atoms with Crippen LogP contribution < -0.4 is 10.6 Å². The molecule has 0 amide bonds. The topological polar surface area (TPSA) is 24.1 Å². The van der Waals surface area contributed by atoms with Crippen LogP contribution in [0.15, 0.2) is 0 Å². The largest absolute Gasteiger partial charge is 0.315 e. The first kappa shape index (κ1) is 10.0. The van der Waals surface area contributed by atoms with Gasteiger partial charge in [0.2, 0.25) is 0 Å². The van der Waals surface area contributed by atoms with Crippen LogP contribution in [0.3, 0.4) is 0 Å². The lowest BCUT2D eigenvalue weighted by atomic mass is 9.93. The van der Waals surface area contributed by atoms with Gasteiger partial charge in [-0.15, -0.1) is 0 Å². The first-order valence-electron chi connectivity index (χ1n) is 5.23. The van der Waals surface area contributed by atoms with Gasteiger partial charge in [0.25, 0.3) is 0 Å². The Kier molecular flexibility index (Phi) is 4.62. The van der Waals surface area contributed by atoms with Gasteiger partial charge in [-0.1, -0.05) is 20.3 Å². The summed E-state index contributed by atoms with van der Waals surface area (Å²) in [6.45, 7) is 7.89. The molecule has 0 spiro atoms. The lowest BCUT2D eigenvalue weighted by molar-refractivity contribution is 0.338. The lowest BCUT2D eigenvalue weighted by Gasteiger charge is -2.26. The fraction of sp³-hybridized carbons (Fsp3) is 1.00. The Morgan fingerprint density at radius 1 is 1.25 bits per heavy atom. The Morgan fingerprint density at radius 3 is 2.50 bits per heavy atom. The third-order valence-corrected chi connectivity index (χ3v) is 2.39. The summed E-state index contributed by atoms with van der Waals surface area (Å²) < 4.78 is 0. The van der Waals surface area contributed by atoms with Gasteiger partial charge < -0.3 is 10.6 Å². The highest BCUT2D eigenvalue weighted by molar-refractivity contribution is 4.76. The molecular formula is C10H22N2. The van der Waals surface area contributed by atoms with Crippen molar-refractivity contribution in [3.05, 3.63) is 0 Å². The van der Waals surface area contributed by atoms with Crippen molar-refractivity contribution in [2.45, 2.75) is 39.2 Å². The van der Waals surface area contributed by atoms with Gasteiger partial charge in [0, 0.05) is 19.1 Å². The Labute approximate surface area is 76.1 Å². The van der Waals surface area contributed by atoms with Gasteiger partial charge in [0.1, 0.15) is 0 Å². The van der Waals surface area contributed by atoms with E-state index < -0.39 is 0 Å². The second-order valence-electron chi connectivity index (χ2n) is 4.18. The summed E-state index contributed by atoms with van der Waals surface area (Å²) in [5, 5.41) is 6.96. The van der Waals surface area contributed by atoms with Crippen LogP contribution in [0.4, 0.5) is 0 Å². The summed E-state index contributed by atoms with van der Waals surface area (Å²) >= 11 is 0. The molecule has 1 aliphatic rings. The Morgan fingerprint density at radius 2 is 2.00 bits per heavy atom. The van der Waals surface area contributed by atoms with E-state index in [9.17, 15) is 0 Å². The Hall–Kier alpha value is -0.0800. The van der Waals surface area contributed by atoms with Crippen LogP contribution in [0, 0.1) is 5.92 Å². The summed E-state index contributed by atoms with van der Waals surface area (Å²) in [7, 11) is 0. The molecule has 0 aromatic heterocycles. The van der Waals surface area contributed by atoms with Crippen molar-refractivity contribution < 1.29 is 0 Å². The van der Waals surface area contributed by atoms with Crippen LogP contribution in [-0.2, 0) is 0 Å². The van der Waals surface area contributed by atoms with Crippen molar-refractivity contribution in [3.63, 3.8) is 0 Å². The third kappa shape index (κ3) is 4.07. The van der Waals surface area contributed by atoms with E-state index in [0.29, 0.717) is 0 Å². The highest BCUT2D eigenvalue weighted by Gasteiger charge is 2.15. The average Bonchev–Trinajstić information content (AvgIpc) is 1.92. The van der Waals surface area contributed by atoms with Crippen LogP contribution in [0.1, 0.15) is 33.1 Å². The van der Waals surface area contributed by atoms with E-state index >= 15 is 0 Å². The van der Waals surface area contributed by atoms with Crippen molar-refractivity contribution in [1.82, 2.24) is 10.6 Å². The number of hydrogen-bond acceptors (Lipinski definition) is 2. The molecule has 1 rings (SSSR count). The minimum Gasteiger partial charge on any atom is -0.315 e. The minimum atomic E-state index is 0.772.